The third-order valence-electron chi connectivity index (χ3n) is 4.50. The molecule has 3 aliphatic carbocycles. The van der Waals surface area contributed by atoms with Crippen molar-refractivity contribution < 1.29 is 5.11 Å². The Morgan fingerprint density at radius 2 is 2.08 bits per heavy atom. The van der Waals surface area contributed by atoms with Crippen LogP contribution in [0.25, 0.3) is 0 Å². The van der Waals surface area contributed by atoms with Gasteiger partial charge in [0.05, 0.1) is 0 Å². The van der Waals surface area contributed by atoms with Crippen LogP contribution in [0.5, 0.6) is 0 Å². The fourth-order valence-corrected chi connectivity index (χ4v) is 3.47. The number of rotatable bonds is 2. The Hall–Kier alpha value is -0.0400. The topological polar surface area (TPSA) is 20.2 Å². The van der Waals surface area contributed by atoms with Gasteiger partial charge in [-0.1, -0.05) is 13.8 Å². The lowest BCUT2D eigenvalue weighted by molar-refractivity contribution is -0.109. The maximum Gasteiger partial charge on any atom is 0.0433 e. The molecule has 0 amide bonds. The summed E-state index contributed by atoms with van der Waals surface area (Å²) in [6.45, 7) is 5.21. The number of hydrogen-bond acceptors (Lipinski definition) is 1. The first-order valence-electron chi connectivity index (χ1n) is 5.27. The fraction of sp³-hybridized carbons (Fsp3) is 1.00. The van der Waals surface area contributed by atoms with E-state index in [0.29, 0.717) is 12.0 Å². The summed E-state index contributed by atoms with van der Waals surface area (Å²) in [7, 11) is 0. The highest BCUT2D eigenvalue weighted by atomic mass is 16.3. The van der Waals surface area contributed by atoms with Gasteiger partial charge >= 0.3 is 0 Å². The lowest BCUT2D eigenvalue weighted by atomic mass is 9.45. The summed E-state index contributed by atoms with van der Waals surface area (Å²) in [6, 6.07) is 0. The molecule has 0 radical (unpaired) electrons. The van der Waals surface area contributed by atoms with E-state index >= 15 is 0 Å². The van der Waals surface area contributed by atoms with Crippen molar-refractivity contribution in [1.29, 1.82) is 0 Å². The molecule has 70 valence electrons. The smallest absolute Gasteiger partial charge is 0.0433 e. The second-order valence-corrected chi connectivity index (χ2v) is 5.21. The molecule has 1 N–H and O–H groups in total. The van der Waals surface area contributed by atoms with Crippen molar-refractivity contribution in [2.45, 2.75) is 39.5 Å². The second-order valence-electron chi connectivity index (χ2n) is 5.21. The maximum atomic E-state index is 8.92. The van der Waals surface area contributed by atoms with E-state index in [-0.39, 0.29) is 0 Å². The van der Waals surface area contributed by atoms with Gasteiger partial charge in [0.15, 0.2) is 0 Å². The van der Waals surface area contributed by atoms with Crippen molar-refractivity contribution in [2.75, 3.05) is 6.61 Å². The SMILES string of the molecule is CC1(C)[C@@H]2CC[C@H](CCO)[C@H]1C2. The Kier molecular flexibility index (Phi) is 1.95. The van der Waals surface area contributed by atoms with Gasteiger partial charge in [-0.15, -0.1) is 0 Å². The van der Waals surface area contributed by atoms with E-state index < -0.39 is 0 Å². The van der Waals surface area contributed by atoms with Gasteiger partial charge in [0.1, 0.15) is 0 Å². The van der Waals surface area contributed by atoms with Crippen LogP contribution in [0, 0.1) is 23.2 Å². The van der Waals surface area contributed by atoms with Crippen LogP contribution in [-0.4, -0.2) is 11.7 Å². The highest BCUT2D eigenvalue weighted by Crippen LogP contribution is 2.61. The van der Waals surface area contributed by atoms with Crippen molar-refractivity contribution in [3.8, 4) is 0 Å². The lowest BCUT2D eigenvalue weighted by Crippen LogP contribution is -2.52. The molecule has 3 aliphatic rings. The molecule has 0 aromatic heterocycles. The molecule has 12 heavy (non-hydrogen) atoms. The number of fused-ring (bicyclic) bond motifs is 2. The Labute approximate surface area is 75.2 Å². The lowest BCUT2D eigenvalue weighted by Gasteiger charge is -2.60. The van der Waals surface area contributed by atoms with E-state index in [1.54, 1.807) is 0 Å². The molecule has 0 aliphatic heterocycles. The highest BCUT2D eigenvalue weighted by Gasteiger charge is 2.53. The maximum absolute atomic E-state index is 8.92. The first-order valence-corrected chi connectivity index (χ1v) is 5.27. The molecule has 0 heterocycles. The van der Waals surface area contributed by atoms with Gasteiger partial charge in [0, 0.05) is 6.61 Å². The van der Waals surface area contributed by atoms with E-state index in [2.05, 4.69) is 13.8 Å². The van der Waals surface area contributed by atoms with Crippen LogP contribution >= 0.6 is 0 Å². The predicted molar refractivity (Wildman–Crippen MR) is 49.8 cm³/mol. The molecule has 1 heteroatoms. The average Bonchev–Trinajstić information content (AvgIpc) is 2.05. The predicted octanol–water partition coefficient (Wildman–Crippen LogP) is 2.44. The average molecular weight is 168 g/mol. The molecule has 0 spiro atoms. The quantitative estimate of drug-likeness (QED) is 0.671. The van der Waals surface area contributed by atoms with E-state index in [1.165, 1.54) is 19.3 Å². The van der Waals surface area contributed by atoms with Crippen molar-refractivity contribution in [1.82, 2.24) is 0 Å². The van der Waals surface area contributed by atoms with Crippen LogP contribution in [0.3, 0.4) is 0 Å². The van der Waals surface area contributed by atoms with E-state index in [0.717, 1.165) is 24.2 Å². The molecule has 0 unspecified atom stereocenters. The minimum atomic E-state index is 0.391. The van der Waals surface area contributed by atoms with Crippen LogP contribution < -0.4 is 0 Å². The molecule has 3 fully saturated rings. The second kappa shape index (κ2) is 2.73. The zero-order valence-electron chi connectivity index (χ0n) is 8.21. The molecule has 0 aromatic carbocycles. The van der Waals surface area contributed by atoms with E-state index in [4.69, 9.17) is 5.11 Å². The molecule has 0 aromatic rings. The monoisotopic (exact) mass is 168 g/mol. The Morgan fingerprint density at radius 1 is 1.33 bits per heavy atom. The number of aliphatic hydroxyl groups is 1. The van der Waals surface area contributed by atoms with E-state index in [9.17, 15) is 0 Å². The van der Waals surface area contributed by atoms with Crippen LogP contribution in [0.15, 0.2) is 0 Å². The summed E-state index contributed by atoms with van der Waals surface area (Å²) in [5.74, 6) is 2.75. The molecule has 2 bridgehead atoms. The Morgan fingerprint density at radius 3 is 2.58 bits per heavy atom. The van der Waals surface area contributed by atoms with Gasteiger partial charge in [-0.3, -0.25) is 0 Å². The molecule has 3 saturated carbocycles. The molecule has 3 atom stereocenters. The Bertz CT molecular complexity index is 170. The number of hydrogen-bond donors (Lipinski definition) is 1. The summed E-state index contributed by atoms with van der Waals surface area (Å²) in [5, 5.41) is 8.92. The van der Waals surface area contributed by atoms with Crippen molar-refractivity contribution in [3.63, 3.8) is 0 Å². The summed E-state index contributed by atoms with van der Waals surface area (Å²) in [4.78, 5) is 0. The minimum absolute atomic E-state index is 0.391. The largest absolute Gasteiger partial charge is 0.396 e. The third-order valence-corrected chi connectivity index (χ3v) is 4.50. The molecular weight excluding hydrogens is 148 g/mol. The van der Waals surface area contributed by atoms with Gasteiger partial charge in [0.2, 0.25) is 0 Å². The molecular formula is C11H20O. The summed E-state index contributed by atoms with van der Waals surface area (Å²) >= 11 is 0. The first-order chi connectivity index (χ1) is 5.66. The normalized spacial score (nSPS) is 43.8. The standard InChI is InChI=1S/C11H20O/c1-11(2)9-4-3-8(5-6-12)10(11)7-9/h8-10,12H,3-7H2,1-2H3/t8-,9-,10-/m1/s1. The van der Waals surface area contributed by atoms with Gasteiger partial charge in [-0.05, 0) is 48.9 Å². The zero-order chi connectivity index (χ0) is 8.77. The fourth-order valence-electron chi connectivity index (χ4n) is 3.47. The van der Waals surface area contributed by atoms with Gasteiger partial charge < -0.3 is 5.11 Å². The van der Waals surface area contributed by atoms with Gasteiger partial charge in [-0.25, -0.2) is 0 Å². The highest BCUT2D eigenvalue weighted by molar-refractivity contribution is 5.02. The van der Waals surface area contributed by atoms with E-state index in [1.807, 2.05) is 0 Å². The first kappa shape index (κ1) is 8.55. The molecule has 0 saturated heterocycles. The summed E-state index contributed by atoms with van der Waals surface area (Å²) in [6.07, 6.45) is 5.27. The zero-order valence-corrected chi connectivity index (χ0v) is 8.21. The van der Waals surface area contributed by atoms with Crippen LogP contribution in [0.1, 0.15) is 39.5 Å². The molecule has 1 nitrogen and oxygen atoms in total. The van der Waals surface area contributed by atoms with Crippen LogP contribution in [0.4, 0.5) is 0 Å². The number of aliphatic hydroxyl groups excluding tert-OH is 1. The summed E-state index contributed by atoms with van der Waals surface area (Å²) < 4.78 is 0. The van der Waals surface area contributed by atoms with Crippen molar-refractivity contribution >= 4 is 0 Å². The molecule has 3 rings (SSSR count). The van der Waals surface area contributed by atoms with Crippen molar-refractivity contribution in [2.24, 2.45) is 23.2 Å². The Balaban J connectivity index is 2.01. The third kappa shape index (κ3) is 1.02. The summed E-state index contributed by atoms with van der Waals surface area (Å²) in [5.41, 5.74) is 0.595. The van der Waals surface area contributed by atoms with Gasteiger partial charge in [0.25, 0.3) is 0 Å². The van der Waals surface area contributed by atoms with Crippen molar-refractivity contribution in [3.05, 3.63) is 0 Å². The van der Waals surface area contributed by atoms with Crippen LogP contribution in [-0.2, 0) is 0 Å². The minimum Gasteiger partial charge on any atom is -0.396 e. The van der Waals surface area contributed by atoms with Gasteiger partial charge in [-0.2, -0.15) is 0 Å². The van der Waals surface area contributed by atoms with Crippen LogP contribution in [0.2, 0.25) is 0 Å².